The first kappa shape index (κ1) is 20.3. The zero-order valence-electron chi connectivity index (χ0n) is 16.2. The van der Waals surface area contributed by atoms with Crippen molar-refractivity contribution < 1.29 is 18.7 Å². The lowest BCUT2D eigenvalue weighted by molar-refractivity contribution is 0.0753. The largest absolute Gasteiger partial charge is 0.490 e. The Hall–Kier alpha value is -3.00. The van der Waals surface area contributed by atoms with E-state index in [1.165, 1.54) is 6.07 Å². The number of nitrogens with one attached hydrogen (secondary N) is 1. The Morgan fingerprint density at radius 3 is 2.67 bits per heavy atom. The summed E-state index contributed by atoms with van der Waals surface area (Å²) in [5.41, 5.74) is 6.31. The minimum absolute atomic E-state index is 0.138. The Bertz CT molecular complexity index is 959. The van der Waals surface area contributed by atoms with Gasteiger partial charge < -0.3 is 25.4 Å². The summed E-state index contributed by atoms with van der Waals surface area (Å²) < 4.78 is 24.9. The van der Waals surface area contributed by atoms with E-state index in [9.17, 15) is 9.18 Å². The number of hydrogen-bond donors (Lipinski definition) is 2. The van der Waals surface area contributed by atoms with Crippen LogP contribution in [0.2, 0.25) is 5.02 Å². The zero-order valence-corrected chi connectivity index (χ0v) is 17.0. The molecule has 1 saturated heterocycles. The summed E-state index contributed by atoms with van der Waals surface area (Å²) in [6, 6.07) is 11.7. The average molecular weight is 433 g/mol. The van der Waals surface area contributed by atoms with E-state index in [4.69, 9.17) is 26.8 Å². The van der Waals surface area contributed by atoms with E-state index in [0.717, 1.165) is 0 Å². The standard InChI is InChI=1S/C21H22ClFN4O3/c22-14-4-6-15(7-5-14)29-12-13-30-20(28)27-10-8-21(9-11-27)25-17-3-1-2-16(23)18(17)19(24)26-21/h1-7,25H,8-13H2,(H2,24,26). The van der Waals surface area contributed by atoms with Gasteiger partial charge in [0.2, 0.25) is 0 Å². The van der Waals surface area contributed by atoms with Gasteiger partial charge in [-0.2, -0.15) is 0 Å². The van der Waals surface area contributed by atoms with Gasteiger partial charge >= 0.3 is 6.09 Å². The molecule has 0 radical (unpaired) electrons. The van der Waals surface area contributed by atoms with Crippen molar-refractivity contribution in [3.63, 3.8) is 0 Å². The van der Waals surface area contributed by atoms with Gasteiger partial charge in [-0.15, -0.1) is 0 Å². The minimum atomic E-state index is -0.640. The molecule has 1 spiro atoms. The molecule has 9 heteroatoms. The van der Waals surface area contributed by atoms with Crippen molar-refractivity contribution in [1.29, 1.82) is 0 Å². The van der Waals surface area contributed by atoms with Crippen LogP contribution in [0.25, 0.3) is 0 Å². The van der Waals surface area contributed by atoms with Gasteiger partial charge in [0.05, 0.1) is 5.56 Å². The average Bonchev–Trinajstić information content (AvgIpc) is 2.72. The van der Waals surface area contributed by atoms with Crippen LogP contribution in [0.5, 0.6) is 5.75 Å². The van der Waals surface area contributed by atoms with Crippen LogP contribution in [0.1, 0.15) is 18.4 Å². The highest BCUT2D eigenvalue weighted by Crippen LogP contribution is 2.35. The van der Waals surface area contributed by atoms with E-state index in [2.05, 4.69) is 10.3 Å². The summed E-state index contributed by atoms with van der Waals surface area (Å²) in [5.74, 6) is 0.432. The van der Waals surface area contributed by atoms with E-state index < -0.39 is 17.6 Å². The quantitative estimate of drug-likeness (QED) is 0.720. The van der Waals surface area contributed by atoms with Gasteiger partial charge in [-0.1, -0.05) is 17.7 Å². The van der Waals surface area contributed by atoms with E-state index in [1.807, 2.05) is 0 Å². The number of piperidine rings is 1. The third kappa shape index (κ3) is 4.28. The molecule has 0 atom stereocenters. The molecule has 0 unspecified atom stereocenters. The van der Waals surface area contributed by atoms with E-state index in [-0.39, 0.29) is 19.0 Å². The second kappa shape index (κ2) is 8.39. The monoisotopic (exact) mass is 432 g/mol. The molecule has 2 aromatic carbocycles. The number of fused-ring (bicyclic) bond motifs is 1. The predicted molar refractivity (Wildman–Crippen MR) is 113 cm³/mol. The molecule has 0 saturated carbocycles. The summed E-state index contributed by atoms with van der Waals surface area (Å²) in [6.07, 6.45) is 0.684. The van der Waals surface area contributed by atoms with Gasteiger partial charge in [-0.05, 0) is 36.4 Å². The van der Waals surface area contributed by atoms with E-state index >= 15 is 0 Å². The number of benzene rings is 2. The van der Waals surface area contributed by atoms with Crippen molar-refractivity contribution in [2.45, 2.75) is 18.5 Å². The Labute approximate surface area is 178 Å². The van der Waals surface area contributed by atoms with Crippen molar-refractivity contribution in [2.75, 3.05) is 31.6 Å². The van der Waals surface area contributed by atoms with Gasteiger partial charge in [0.15, 0.2) is 0 Å². The maximum absolute atomic E-state index is 14.0. The lowest BCUT2D eigenvalue weighted by atomic mass is 9.94. The highest BCUT2D eigenvalue weighted by molar-refractivity contribution is 6.30. The summed E-state index contributed by atoms with van der Waals surface area (Å²) >= 11 is 5.83. The van der Waals surface area contributed by atoms with Gasteiger partial charge in [-0.25, -0.2) is 14.2 Å². The van der Waals surface area contributed by atoms with Crippen molar-refractivity contribution in [1.82, 2.24) is 4.90 Å². The number of amidine groups is 1. The molecule has 1 amide bonds. The van der Waals surface area contributed by atoms with Crippen LogP contribution in [-0.4, -0.2) is 48.8 Å². The molecule has 1 fully saturated rings. The van der Waals surface area contributed by atoms with Crippen molar-refractivity contribution >= 4 is 29.2 Å². The van der Waals surface area contributed by atoms with Crippen LogP contribution in [0.15, 0.2) is 47.5 Å². The Balaban J connectivity index is 1.27. The number of amides is 1. The predicted octanol–water partition coefficient (Wildman–Crippen LogP) is 3.62. The molecule has 3 N–H and O–H groups in total. The maximum atomic E-state index is 14.0. The number of carbonyl (C=O) groups excluding carboxylic acids is 1. The fourth-order valence-corrected chi connectivity index (χ4v) is 3.79. The first-order valence-electron chi connectivity index (χ1n) is 9.68. The van der Waals surface area contributed by atoms with Crippen LogP contribution in [-0.2, 0) is 4.74 Å². The number of hydrogen-bond acceptors (Lipinski definition) is 6. The van der Waals surface area contributed by atoms with Gasteiger partial charge in [0.25, 0.3) is 0 Å². The number of likely N-dealkylation sites (tertiary alicyclic amines) is 1. The van der Waals surface area contributed by atoms with Gasteiger partial charge in [0, 0.05) is 36.6 Å². The summed E-state index contributed by atoms with van der Waals surface area (Å²) in [4.78, 5) is 18.5. The number of rotatable bonds is 4. The normalized spacial score (nSPS) is 17.0. The van der Waals surface area contributed by atoms with Crippen LogP contribution in [0.4, 0.5) is 14.9 Å². The van der Waals surface area contributed by atoms with Crippen LogP contribution < -0.4 is 15.8 Å². The molecule has 158 valence electrons. The minimum Gasteiger partial charge on any atom is -0.490 e. The molecule has 7 nitrogen and oxygen atoms in total. The fourth-order valence-electron chi connectivity index (χ4n) is 3.66. The van der Waals surface area contributed by atoms with Crippen LogP contribution >= 0.6 is 11.6 Å². The molecule has 0 aromatic heterocycles. The maximum Gasteiger partial charge on any atom is 0.409 e. The Kier molecular flexibility index (Phi) is 5.67. The first-order chi connectivity index (χ1) is 14.5. The van der Waals surface area contributed by atoms with Gasteiger partial charge in [-0.3, -0.25) is 0 Å². The molecule has 4 rings (SSSR count). The first-order valence-corrected chi connectivity index (χ1v) is 10.1. The third-order valence-corrected chi connectivity index (χ3v) is 5.46. The van der Waals surface area contributed by atoms with Crippen molar-refractivity contribution in [2.24, 2.45) is 10.7 Å². The van der Waals surface area contributed by atoms with Crippen molar-refractivity contribution in [3.05, 3.63) is 58.9 Å². The Morgan fingerprint density at radius 1 is 1.20 bits per heavy atom. The molecule has 0 aliphatic carbocycles. The van der Waals surface area contributed by atoms with E-state index in [1.54, 1.807) is 41.3 Å². The molecular weight excluding hydrogens is 411 g/mol. The molecule has 2 heterocycles. The number of nitrogens with zero attached hydrogens (tertiary/aromatic N) is 2. The number of nitrogens with two attached hydrogens (primary N) is 1. The van der Waals surface area contributed by atoms with Crippen LogP contribution in [0, 0.1) is 5.82 Å². The number of ether oxygens (including phenoxy) is 2. The molecule has 2 aliphatic rings. The molecule has 30 heavy (non-hydrogen) atoms. The smallest absolute Gasteiger partial charge is 0.409 e. The van der Waals surface area contributed by atoms with E-state index in [0.29, 0.717) is 48.0 Å². The second-order valence-corrected chi connectivity index (χ2v) is 7.66. The highest BCUT2D eigenvalue weighted by atomic mass is 35.5. The lowest BCUT2D eigenvalue weighted by Gasteiger charge is -2.42. The van der Waals surface area contributed by atoms with Crippen molar-refractivity contribution in [3.8, 4) is 5.75 Å². The highest BCUT2D eigenvalue weighted by Gasteiger charge is 2.39. The number of anilines is 1. The molecular formula is C21H22ClFN4O3. The number of aliphatic imine (C=N–C) groups is 1. The molecule has 2 aliphatic heterocycles. The second-order valence-electron chi connectivity index (χ2n) is 7.22. The zero-order chi connectivity index (χ0) is 21.1. The number of halogens is 2. The topological polar surface area (TPSA) is 89.2 Å². The SMILES string of the molecule is NC1=NC2(CCN(C(=O)OCCOc3ccc(Cl)cc3)CC2)Nc2cccc(F)c21. The molecule has 2 aromatic rings. The summed E-state index contributed by atoms with van der Waals surface area (Å²) in [5, 5.41) is 3.93. The lowest BCUT2D eigenvalue weighted by Crippen LogP contribution is -2.52. The summed E-state index contributed by atoms with van der Waals surface area (Å²) in [7, 11) is 0. The van der Waals surface area contributed by atoms with Gasteiger partial charge in [0.1, 0.15) is 36.3 Å². The molecule has 0 bridgehead atoms. The van der Waals surface area contributed by atoms with Crippen LogP contribution in [0.3, 0.4) is 0 Å². The number of carbonyl (C=O) groups is 1. The Morgan fingerprint density at radius 2 is 1.93 bits per heavy atom. The third-order valence-electron chi connectivity index (χ3n) is 5.21. The fraction of sp³-hybridized carbons (Fsp3) is 0.333. The summed E-state index contributed by atoms with van der Waals surface area (Å²) in [6.45, 7) is 1.28.